The molecule has 0 bridgehead atoms. The lowest BCUT2D eigenvalue weighted by atomic mass is 9.71. The van der Waals surface area contributed by atoms with E-state index >= 15 is 0 Å². The summed E-state index contributed by atoms with van der Waals surface area (Å²) in [6.45, 7) is 8.70. The number of aryl methyl sites for hydroxylation is 1. The number of rotatable bonds is 7. The fourth-order valence-corrected chi connectivity index (χ4v) is 4.63. The van der Waals surface area contributed by atoms with Gasteiger partial charge in [0.25, 0.3) is 0 Å². The summed E-state index contributed by atoms with van der Waals surface area (Å²) in [6, 6.07) is 8.28. The van der Waals surface area contributed by atoms with Gasteiger partial charge < -0.3 is 15.0 Å². The van der Waals surface area contributed by atoms with Crippen LogP contribution in [0.5, 0.6) is 0 Å². The molecule has 152 valence electrons. The number of fused-ring (bicyclic) bond motifs is 1. The average molecular weight is 383 g/mol. The Labute approximate surface area is 168 Å². The average Bonchev–Trinajstić information content (AvgIpc) is 3.10. The summed E-state index contributed by atoms with van der Waals surface area (Å²) in [7, 11) is 1.74. The third-order valence-electron chi connectivity index (χ3n) is 6.23. The molecule has 0 radical (unpaired) electrons. The Kier molecular flexibility index (Phi) is 6.48. The minimum Gasteiger partial charge on any atom is -0.501 e. The second-order valence-electron chi connectivity index (χ2n) is 8.27. The van der Waals surface area contributed by atoms with Gasteiger partial charge in [0.1, 0.15) is 0 Å². The third kappa shape index (κ3) is 4.26. The van der Waals surface area contributed by atoms with Crippen molar-refractivity contribution in [2.45, 2.75) is 53.4 Å². The number of H-pyrrole nitrogens is 1. The van der Waals surface area contributed by atoms with Crippen LogP contribution in [0.2, 0.25) is 0 Å². The van der Waals surface area contributed by atoms with E-state index in [0.29, 0.717) is 17.8 Å². The van der Waals surface area contributed by atoms with Crippen molar-refractivity contribution in [3.8, 4) is 0 Å². The number of carbonyl (C=O) groups excluding carboxylic acids is 1. The monoisotopic (exact) mass is 382 g/mol. The zero-order chi connectivity index (χ0) is 20.3. The largest absolute Gasteiger partial charge is 0.501 e. The first-order valence-electron chi connectivity index (χ1n) is 10.6. The molecule has 2 aromatic rings. The molecule has 0 saturated carbocycles. The zero-order valence-electron chi connectivity index (χ0n) is 17.8. The van der Waals surface area contributed by atoms with Crippen molar-refractivity contribution < 1.29 is 9.53 Å². The molecule has 0 spiro atoms. The molecule has 4 nitrogen and oxygen atoms in total. The third-order valence-corrected chi connectivity index (χ3v) is 6.23. The van der Waals surface area contributed by atoms with Gasteiger partial charge >= 0.3 is 0 Å². The zero-order valence-corrected chi connectivity index (χ0v) is 17.8. The van der Waals surface area contributed by atoms with Crippen LogP contribution in [-0.4, -0.2) is 18.0 Å². The Hall–Kier alpha value is -2.23. The van der Waals surface area contributed by atoms with Crippen LogP contribution in [0.3, 0.4) is 0 Å². The number of aromatic nitrogens is 1. The van der Waals surface area contributed by atoms with Gasteiger partial charge in [-0.25, -0.2) is 0 Å². The highest BCUT2D eigenvalue weighted by atomic mass is 16.5. The van der Waals surface area contributed by atoms with E-state index < -0.39 is 0 Å². The Morgan fingerprint density at radius 3 is 2.75 bits per heavy atom. The van der Waals surface area contributed by atoms with E-state index in [9.17, 15) is 4.79 Å². The van der Waals surface area contributed by atoms with Crippen LogP contribution in [0.4, 0.5) is 5.69 Å². The number of aromatic amines is 1. The molecule has 0 fully saturated rings. The van der Waals surface area contributed by atoms with Gasteiger partial charge in [0.2, 0.25) is 5.91 Å². The van der Waals surface area contributed by atoms with Gasteiger partial charge in [-0.05, 0) is 61.4 Å². The quantitative estimate of drug-likeness (QED) is 0.625. The van der Waals surface area contributed by atoms with Crippen LogP contribution in [0.1, 0.15) is 52.7 Å². The van der Waals surface area contributed by atoms with E-state index in [1.165, 1.54) is 5.69 Å². The predicted molar refractivity (Wildman–Crippen MR) is 116 cm³/mol. The second kappa shape index (κ2) is 8.85. The summed E-state index contributed by atoms with van der Waals surface area (Å²) < 4.78 is 5.53. The van der Waals surface area contributed by atoms with E-state index in [2.05, 4.69) is 62.3 Å². The van der Waals surface area contributed by atoms with Crippen molar-refractivity contribution in [3.05, 3.63) is 41.8 Å². The van der Waals surface area contributed by atoms with E-state index in [1.807, 2.05) is 6.07 Å². The maximum atomic E-state index is 13.2. The SMILES string of the molecule is CCCC(C(=O)Nc1ccc2[nH]c(CC)cc2c1)C1CC(C)C(OC)=CC1C. The predicted octanol–water partition coefficient (Wildman–Crippen LogP) is 5.91. The molecule has 1 aromatic carbocycles. The van der Waals surface area contributed by atoms with Crippen molar-refractivity contribution >= 4 is 22.5 Å². The molecule has 28 heavy (non-hydrogen) atoms. The maximum absolute atomic E-state index is 13.2. The first-order chi connectivity index (χ1) is 13.5. The summed E-state index contributed by atoms with van der Waals surface area (Å²) in [5.74, 6) is 2.27. The Morgan fingerprint density at radius 1 is 1.29 bits per heavy atom. The van der Waals surface area contributed by atoms with E-state index in [0.717, 1.165) is 48.0 Å². The van der Waals surface area contributed by atoms with Gasteiger partial charge in [-0.3, -0.25) is 4.79 Å². The molecule has 1 aromatic heterocycles. The highest BCUT2D eigenvalue weighted by molar-refractivity contribution is 5.95. The summed E-state index contributed by atoms with van der Waals surface area (Å²) in [6.07, 6.45) is 6.11. The number of ether oxygens (including phenoxy) is 1. The fourth-order valence-electron chi connectivity index (χ4n) is 4.63. The normalized spacial score (nSPS) is 23.3. The number of amides is 1. The Morgan fingerprint density at radius 2 is 2.07 bits per heavy atom. The lowest BCUT2D eigenvalue weighted by Crippen LogP contribution is -2.35. The topological polar surface area (TPSA) is 54.1 Å². The van der Waals surface area contributed by atoms with Gasteiger partial charge in [0.05, 0.1) is 12.9 Å². The van der Waals surface area contributed by atoms with Gasteiger partial charge in [0, 0.05) is 34.1 Å². The second-order valence-corrected chi connectivity index (χ2v) is 8.27. The van der Waals surface area contributed by atoms with Crippen LogP contribution in [-0.2, 0) is 16.0 Å². The van der Waals surface area contributed by atoms with Crippen LogP contribution in [0, 0.1) is 23.7 Å². The van der Waals surface area contributed by atoms with E-state index in [4.69, 9.17) is 4.74 Å². The van der Waals surface area contributed by atoms with E-state index in [1.54, 1.807) is 7.11 Å². The number of anilines is 1. The van der Waals surface area contributed by atoms with Crippen molar-refractivity contribution in [1.29, 1.82) is 0 Å². The van der Waals surface area contributed by atoms with Crippen LogP contribution < -0.4 is 5.32 Å². The molecule has 2 N–H and O–H groups in total. The smallest absolute Gasteiger partial charge is 0.227 e. The number of benzene rings is 1. The molecule has 1 amide bonds. The molecule has 3 rings (SSSR count). The Bertz CT molecular complexity index is 851. The molecular formula is C24H34N2O2. The van der Waals surface area contributed by atoms with Crippen molar-refractivity contribution in [2.75, 3.05) is 12.4 Å². The number of hydrogen-bond acceptors (Lipinski definition) is 2. The van der Waals surface area contributed by atoms with Gasteiger partial charge in [-0.2, -0.15) is 0 Å². The van der Waals surface area contributed by atoms with Gasteiger partial charge in [-0.1, -0.05) is 34.1 Å². The maximum Gasteiger partial charge on any atom is 0.227 e. The Balaban J connectivity index is 1.78. The molecule has 1 aliphatic rings. The minimum absolute atomic E-state index is 0.0187. The van der Waals surface area contributed by atoms with Gasteiger partial charge in [0.15, 0.2) is 0 Å². The molecule has 4 atom stereocenters. The molecule has 1 aliphatic carbocycles. The standard InChI is InChI=1S/C24H34N2O2/c1-6-8-20(21-11-16(4)23(28-5)12-15(21)3)24(27)26-19-9-10-22-17(14-19)13-18(7-2)25-22/h9-10,12-16,20-21,25H,6-8,11H2,1-5H3,(H,26,27). The molecule has 0 aliphatic heterocycles. The van der Waals surface area contributed by atoms with Crippen molar-refractivity contribution in [1.82, 2.24) is 4.98 Å². The molecule has 4 unspecified atom stereocenters. The first kappa shape index (κ1) is 20.5. The molecule has 1 heterocycles. The lowest BCUT2D eigenvalue weighted by molar-refractivity contribution is -0.122. The number of nitrogens with one attached hydrogen (secondary N) is 2. The summed E-state index contributed by atoms with van der Waals surface area (Å²) in [5, 5.41) is 4.35. The molecule has 0 saturated heterocycles. The fraction of sp³-hybridized carbons (Fsp3) is 0.542. The number of allylic oxidation sites excluding steroid dienone is 2. The molecular weight excluding hydrogens is 348 g/mol. The number of methoxy groups -OCH3 is 1. The minimum atomic E-state index is 0.0187. The summed E-state index contributed by atoms with van der Waals surface area (Å²) in [4.78, 5) is 16.6. The molecule has 4 heteroatoms. The summed E-state index contributed by atoms with van der Waals surface area (Å²) >= 11 is 0. The van der Waals surface area contributed by atoms with Crippen LogP contribution >= 0.6 is 0 Å². The van der Waals surface area contributed by atoms with Crippen LogP contribution in [0.25, 0.3) is 10.9 Å². The first-order valence-corrected chi connectivity index (χ1v) is 10.6. The van der Waals surface area contributed by atoms with E-state index in [-0.39, 0.29) is 11.8 Å². The van der Waals surface area contributed by atoms with Crippen molar-refractivity contribution in [2.24, 2.45) is 23.7 Å². The summed E-state index contributed by atoms with van der Waals surface area (Å²) in [5.41, 5.74) is 3.21. The highest BCUT2D eigenvalue weighted by Gasteiger charge is 2.36. The lowest BCUT2D eigenvalue weighted by Gasteiger charge is -2.36. The highest BCUT2D eigenvalue weighted by Crippen LogP contribution is 2.39. The van der Waals surface area contributed by atoms with Gasteiger partial charge in [-0.15, -0.1) is 0 Å². The van der Waals surface area contributed by atoms with Crippen molar-refractivity contribution in [3.63, 3.8) is 0 Å². The number of carbonyl (C=O) groups is 1. The van der Waals surface area contributed by atoms with Crippen LogP contribution in [0.15, 0.2) is 36.1 Å². The number of hydrogen-bond donors (Lipinski definition) is 2.